The fourth-order valence-corrected chi connectivity index (χ4v) is 2.29. The molecule has 0 aliphatic carbocycles. The number of rotatable bonds is 5. The number of aliphatic imine (C=N–C) groups is 1. The summed E-state index contributed by atoms with van der Waals surface area (Å²) in [7, 11) is 1.25. The number of carbonyl (C=O) groups excluding carboxylic acids is 1. The molecular formula is C18H11F4NO4. The molecule has 0 amide bonds. The predicted octanol–water partition coefficient (Wildman–Crippen LogP) is 3.92. The van der Waals surface area contributed by atoms with Crippen LogP contribution in [0.3, 0.4) is 0 Å². The Labute approximate surface area is 150 Å². The van der Waals surface area contributed by atoms with Crippen molar-refractivity contribution >= 4 is 17.9 Å². The monoisotopic (exact) mass is 381 g/mol. The molecule has 0 saturated carbocycles. The van der Waals surface area contributed by atoms with Gasteiger partial charge in [-0.15, -0.1) is 0 Å². The minimum Gasteiger partial charge on any atom is -0.493 e. The van der Waals surface area contributed by atoms with Crippen molar-refractivity contribution in [3.8, 4) is 11.5 Å². The number of esters is 1. The minimum atomic E-state index is -3.04. The van der Waals surface area contributed by atoms with Gasteiger partial charge < -0.3 is 14.2 Å². The Morgan fingerprint density at radius 2 is 1.89 bits per heavy atom. The highest BCUT2D eigenvalue weighted by Crippen LogP contribution is 2.31. The number of carbonyl (C=O) groups is 1. The molecule has 0 saturated heterocycles. The lowest BCUT2D eigenvalue weighted by Gasteiger charge is -2.10. The van der Waals surface area contributed by atoms with Crippen LogP contribution < -0.4 is 9.47 Å². The van der Waals surface area contributed by atoms with E-state index in [0.717, 1.165) is 18.2 Å². The fourth-order valence-electron chi connectivity index (χ4n) is 2.29. The van der Waals surface area contributed by atoms with E-state index in [4.69, 9.17) is 9.47 Å². The molecular weight excluding hydrogens is 370 g/mol. The van der Waals surface area contributed by atoms with Gasteiger partial charge in [0.05, 0.1) is 7.11 Å². The summed E-state index contributed by atoms with van der Waals surface area (Å²) in [6, 6.07) is 6.70. The first kappa shape index (κ1) is 18.4. The molecule has 2 aromatic rings. The molecule has 3 rings (SSSR count). The van der Waals surface area contributed by atoms with E-state index in [9.17, 15) is 22.4 Å². The van der Waals surface area contributed by atoms with Gasteiger partial charge >= 0.3 is 12.6 Å². The first-order valence-electron chi connectivity index (χ1n) is 7.48. The zero-order chi connectivity index (χ0) is 19.6. The van der Waals surface area contributed by atoms with Crippen LogP contribution in [0.5, 0.6) is 11.5 Å². The Morgan fingerprint density at radius 1 is 1.11 bits per heavy atom. The lowest BCUT2D eigenvalue weighted by Crippen LogP contribution is -2.07. The number of benzene rings is 2. The summed E-state index contributed by atoms with van der Waals surface area (Å²) in [5, 5.41) is 0. The third-order valence-corrected chi connectivity index (χ3v) is 3.50. The van der Waals surface area contributed by atoms with E-state index in [1.54, 1.807) is 0 Å². The summed E-state index contributed by atoms with van der Waals surface area (Å²) in [4.78, 5) is 15.9. The number of hydrogen-bond donors (Lipinski definition) is 0. The van der Waals surface area contributed by atoms with Crippen molar-refractivity contribution in [2.75, 3.05) is 7.11 Å². The Morgan fingerprint density at radius 3 is 2.56 bits per heavy atom. The molecule has 9 heteroatoms. The van der Waals surface area contributed by atoms with Gasteiger partial charge in [-0.05, 0) is 36.4 Å². The SMILES string of the molecule is COc1cc(C2=N/C(=C\c3ccc(F)cc3F)C(=O)O2)ccc1OC(F)F. The quantitative estimate of drug-likeness (QED) is 0.448. The largest absolute Gasteiger partial charge is 0.493 e. The van der Waals surface area contributed by atoms with Crippen molar-refractivity contribution in [3.63, 3.8) is 0 Å². The van der Waals surface area contributed by atoms with Crippen molar-refractivity contribution < 1.29 is 36.6 Å². The van der Waals surface area contributed by atoms with Gasteiger partial charge in [0, 0.05) is 17.2 Å². The van der Waals surface area contributed by atoms with Crippen molar-refractivity contribution in [2.24, 2.45) is 4.99 Å². The molecule has 0 aromatic heterocycles. The van der Waals surface area contributed by atoms with Gasteiger partial charge in [0.15, 0.2) is 17.2 Å². The smallest absolute Gasteiger partial charge is 0.387 e. The van der Waals surface area contributed by atoms with Gasteiger partial charge in [0.1, 0.15) is 11.6 Å². The molecule has 2 aromatic carbocycles. The maximum absolute atomic E-state index is 13.7. The summed E-state index contributed by atoms with van der Waals surface area (Å²) < 4.78 is 65.7. The normalized spacial score (nSPS) is 15.1. The van der Waals surface area contributed by atoms with Crippen LogP contribution in [0, 0.1) is 11.6 Å². The molecule has 0 atom stereocenters. The molecule has 0 fully saturated rings. The number of cyclic esters (lactones) is 1. The number of halogens is 4. The molecule has 1 aliphatic rings. The highest BCUT2D eigenvalue weighted by atomic mass is 19.3. The number of ether oxygens (including phenoxy) is 3. The summed E-state index contributed by atoms with van der Waals surface area (Å²) >= 11 is 0. The first-order chi connectivity index (χ1) is 12.9. The molecule has 1 aliphatic heterocycles. The number of hydrogen-bond acceptors (Lipinski definition) is 5. The van der Waals surface area contributed by atoms with Crippen LogP contribution in [-0.2, 0) is 9.53 Å². The minimum absolute atomic E-state index is 0.0199. The van der Waals surface area contributed by atoms with Crippen molar-refractivity contribution in [1.82, 2.24) is 0 Å². The van der Waals surface area contributed by atoms with E-state index < -0.39 is 24.2 Å². The zero-order valence-electron chi connectivity index (χ0n) is 13.7. The maximum atomic E-state index is 13.7. The molecule has 0 bridgehead atoms. The number of nitrogens with zero attached hydrogens (tertiary/aromatic N) is 1. The second-order valence-electron chi connectivity index (χ2n) is 5.25. The van der Waals surface area contributed by atoms with Gasteiger partial charge in [-0.3, -0.25) is 0 Å². The van der Waals surface area contributed by atoms with Crippen LogP contribution in [-0.4, -0.2) is 25.6 Å². The van der Waals surface area contributed by atoms with Crippen molar-refractivity contribution in [2.45, 2.75) is 6.61 Å². The third kappa shape index (κ3) is 4.08. The predicted molar refractivity (Wildman–Crippen MR) is 86.6 cm³/mol. The molecule has 0 N–H and O–H groups in total. The molecule has 0 radical (unpaired) electrons. The standard InChI is InChI=1S/C18H11F4NO4/c1-25-15-7-10(3-5-14(15)26-18(21)22)16-23-13(17(24)27-16)6-9-2-4-11(19)8-12(9)20/h2-8,18H,1H3/b13-6-. The van der Waals surface area contributed by atoms with Crippen LogP contribution in [0.2, 0.25) is 0 Å². The summed E-state index contributed by atoms with van der Waals surface area (Å²) in [6.45, 7) is -3.04. The van der Waals surface area contributed by atoms with Gasteiger partial charge in [-0.2, -0.15) is 8.78 Å². The summed E-state index contributed by atoms with van der Waals surface area (Å²) in [5.41, 5.74) is -0.00112. The van der Waals surface area contributed by atoms with Crippen LogP contribution in [0.1, 0.15) is 11.1 Å². The van der Waals surface area contributed by atoms with Gasteiger partial charge in [0.2, 0.25) is 5.90 Å². The average molecular weight is 381 g/mol. The molecule has 0 spiro atoms. The zero-order valence-corrected chi connectivity index (χ0v) is 13.7. The van der Waals surface area contributed by atoms with Crippen LogP contribution >= 0.6 is 0 Å². The van der Waals surface area contributed by atoms with E-state index in [0.29, 0.717) is 6.07 Å². The Kier molecular flexibility index (Phi) is 5.11. The van der Waals surface area contributed by atoms with E-state index in [1.807, 2.05) is 0 Å². The highest BCUT2D eigenvalue weighted by molar-refractivity contribution is 6.13. The molecule has 27 heavy (non-hydrogen) atoms. The molecule has 140 valence electrons. The molecule has 0 unspecified atom stereocenters. The molecule has 1 heterocycles. The second-order valence-corrected chi connectivity index (χ2v) is 5.25. The number of alkyl halides is 2. The first-order valence-corrected chi connectivity index (χ1v) is 7.48. The Hall–Kier alpha value is -3.36. The Bertz CT molecular complexity index is 956. The van der Waals surface area contributed by atoms with E-state index in [2.05, 4.69) is 9.73 Å². The van der Waals surface area contributed by atoms with Crippen molar-refractivity contribution in [1.29, 1.82) is 0 Å². The Balaban J connectivity index is 1.93. The lowest BCUT2D eigenvalue weighted by molar-refractivity contribution is -0.129. The third-order valence-electron chi connectivity index (χ3n) is 3.50. The topological polar surface area (TPSA) is 57.1 Å². The van der Waals surface area contributed by atoms with Crippen LogP contribution in [0.25, 0.3) is 6.08 Å². The summed E-state index contributed by atoms with van der Waals surface area (Å²) in [5.74, 6) is -2.82. The van der Waals surface area contributed by atoms with Gasteiger partial charge in [-0.25, -0.2) is 18.6 Å². The van der Waals surface area contributed by atoms with Crippen LogP contribution in [0.15, 0.2) is 47.1 Å². The maximum Gasteiger partial charge on any atom is 0.387 e. The highest BCUT2D eigenvalue weighted by Gasteiger charge is 2.25. The second kappa shape index (κ2) is 7.48. The van der Waals surface area contributed by atoms with E-state index >= 15 is 0 Å². The van der Waals surface area contributed by atoms with Crippen molar-refractivity contribution in [3.05, 3.63) is 64.9 Å². The summed E-state index contributed by atoms with van der Waals surface area (Å²) in [6.07, 6.45) is 1.11. The van der Waals surface area contributed by atoms with Gasteiger partial charge in [-0.1, -0.05) is 0 Å². The van der Waals surface area contributed by atoms with E-state index in [1.165, 1.54) is 25.3 Å². The van der Waals surface area contributed by atoms with Crippen LogP contribution in [0.4, 0.5) is 17.6 Å². The molecule has 5 nitrogen and oxygen atoms in total. The number of methoxy groups -OCH3 is 1. The average Bonchev–Trinajstić information content (AvgIpc) is 2.98. The lowest BCUT2D eigenvalue weighted by atomic mass is 10.1. The fraction of sp³-hybridized carbons (Fsp3) is 0.111. The van der Waals surface area contributed by atoms with Gasteiger partial charge in [0.25, 0.3) is 0 Å². The van der Waals surface area contributed by atoms with E-state index in [-0.39, 0.29) is 34.2 Å².